The third-order valence-electron chi connectivity index (χ3n) is 3.96. The van der Waals surface area contributed by atoms with Crippen LogP contribution in [0, 0.1) is 0 Å². The Kier molecular flexibility index (Phi) is 2.56. The Morgan fingerprint density at radius 2 is 2.00 bits per heavy atom. The molecule has 0 aliphatic carbocycles. The van der Waals surface area contributed by atoms with Crippen molar-refractivity contribution in [1.29, 1.82) is 0 Å². The Hall–Kier alpha value is -1.09. The molecule has 0 saturated carbocycles. The summed E-state index contributed by atoms with van der Waals surface area (Å²) in [6.07, 6.45) is 10.1. The molecule has 2 aliphatic heterocycles. The predicted octanol–water partition coefficient (Wildman–Crippen LogP) is 1.93. The number of nitrogens with two attached hydrogens (primary N) is 1. The summed E-state index contributed by atoms with van der Waals surface area (Å²) in [6.45, 7) is 0. The molecule has 86 valence electrons. The van der Waals surface area contributed by atoms with Crippen molar-refractivity contribution in [2.75, 3.05) is 4.90 Å². The monoisotopic (exact) mass is 217 g/mol. The van der Waals surface area contributed by atoms with Crippen LogP contribution < -0.4 is 10.6 Å². The van der Waals surface area contributed by atoms with Crippen LogP contribution in [0.3, 0.4) is 0 Å². The third kappa shape index (κ3) is 1.69. The quantitative estimate of drug-likeness (QED) is 0.781. The highest BCUT2D eigenvalue weighted by Gasteiger charge is 2.36. The highest BCUT2D eigenvalue weighted by atomic mass is 15.2. The van der Waals surface area contributed by atoms with E-state index in [9.17, 15) is 0 Å². The van der Waals surface area contributed by atoms with Crippen LogP contribution in [0.1, 0.15) is 32.1 Å². The molecule has 2 unspecified atom stereocenters. The van der Waals surface area contributed by atoms with Gasteiger partial charge in [-0.3, -0.25) is 4.98 Å². The SMILES string of the molecule is NC1CC2CCCC(C1)N2c1cccnc1. The molecule has 2 atom stereocenters. The van der Waals surface area contributed by atoms with E-state index in [1.165, 1.54) is 24.9 Å². The first kappa shape index (κ1) is 10.1. The van der Waals surface area contributed by atoms with E-state index in [0.29, 0.717) is 18.1 Å². The summed E-state index contributed by atoms with van der Waals surface area (Å²) in [4.78, 5) is 6.80. The fourth-order valence-electron chi connectivity index (χ4n) is 3.35. The predicted molar refractivity (Wildman–Crippen MR) is 65.4 cm³/mol. The summed E-state index contributed by atoms with van der Waals surface area (Å²) in [5, 5.41) is 0. The second-order valence-electron chi connectivity index (χ2n) is 5.09. The molecule has 3 nitrogen and oxygen atoms in total. The number of rotatable bonds is 1. The van der Waals surface area contributed by atoms with Crippen molar-refractivity contribution in [3.63, 3.8) is 0 Å². The maximum Gasteiger partial charge on any atom is 0.0557 e. The number of hydrogen-bond donors (Lipinski definition) is 1. The molecule has 3 heterocycles. The molecule has 0 spiro atoms. The van der Waals surface area contributed by atoms with E-state index < -0.39 is 0 Å². The van der Waals surface area contributed by atoms with E-state index in [0.717, 1.165) is 12.8 Å². The van der Waals surface area contributed by atoms with E-state index in [-0.39, 0.29) is 0 Å². The van der Waals surface area contributed by atoms with Gasteiger partial charge in [0.1, 0.15) is 0 Å². The molecule has 2 fully saturated rings. The van der Waals surface area contributed by atoms with E-state index in [2.05, 4.69) is 16.0 Å². The van der Waals surface area contributed by atoms with Gasteiger partial charge in [0.15, 0.2) is 0 Å². The molecular weight excluding hydrogens is 198 g/mol. The van der Waals surface area contributed by atoms with Gasteiger partial charge < -0.3 is 10.6 Å². The molecule has 2 N–H and O–H groups in total. The zero-order valence-electron chi connectivity index (χ0n) is 9.55. The molecule has 1 aromatic rings. The molecule has 3 heteroatoms. The number of pyridine rings is 1. The first-order chi connectivity index (χ1) is 7.84. The summed E-state index contributed by atoms with van der Waals surface area (Å²) in [5.74, 6) is 0. The van der Waals surface area contributed by atoms with Crippen molar-refractivity contribution in [2.45, 2.75) is 50.2 Å². The molecule has 2 bridgehead atoms. The minimum Gasteiger partial charge on any atom is -0.364 e. The Labute approximate surface area is 96.7 Å². The lowest BCUT2D eigenvalue weighted by atomic mass is 9.82. The highest BCUT2D eigenvalue weighted by molar-refractivity contribution is 5.47. The lowest BCUT2D eigenvalue weighted by molar-refractivity contribution is 0.271. The number of hydrogen-bond acceptors (Lipinski definition) is 3. The van der Waals surface area contributed by atoms with Gasteiger partial charge in [-0.05, 0) is 44.2 Å². The van der Waals surface area contributed by atoms with Gasteiger partial charge in [0.2, 0.25) is 0 Å². The van der Waals surface area contributed by atoms with Gasteiger partial charge in [0.05, 0.1) is 11.9 Å². The van der Waals surface area contributed by atoms with Crippen molar-refractivity contribution >= 4 is 5.69 Å². The number of nitrogens with zero attached hydrogens (tertiary/aromatic N) is 2. The van der Waals surface area contributed by atoms with E-state index in [1.807, 2.05) is 18.5 Å². The fraction of sp³-hybridized carbons (Fsp3) is 0.615. The van der Waals surface area contributed by atoms with Crippen LogP contribution in [-0.4, -0.2) is 23.1 Å². The summed E-state index contributed by atoms with van der Waals surface area (Å²) in [6, 6.07) is 5.90. The molecule has 2 saturated heterocycles. The van der Waals surface area contributed by atoms with Gasteiger partial charge in [-0.25, -0.2) is 0 Å². The largest absolute Gasteiger partial charge is 0.364 e. The summed E-state index contributed by atoms with van der Waals surface area (Å²) >= 11 is 0. The molecule has 16 heavy (non-hydrogen) atoms. The van der Waals surface area contributed by atoms with Crippen LogP contribution in [0.25, 0.3) is 0 Å². The van der Waals surface area contributed by atoms with Crippen LogP contribution in [-0.2, 0) is 0 Å². The van der Waals surface area contributed by atoms with Gasteiger partial charge in [-0.2, -0.15) is 0 Å². The summed E-state index contributed by atoms with van der Waals surface area (Å²) < 4.78 is 0. The van der Waals surface area contributed by atoms with E-state index >= 15 is 0 Å². The van der Waals surface area contributed by atoms with Crippen molar-refractivity contribution in [1.82, 2.24) is 4.98 Å². The van der Waals surface area contributed by atoms with Gasteiger partial charge in [0.25, 0.3) is 0 Å². The molecule has 1 aromatic heterocycles. The molecule has 0 radical (unpaired) electrons. The lowest BCUT2D eigenvalue weighted by Crippen LogP contribution is -2.55. The van der Waals surface area contributed by atoms with Crippen LogP contribution in [0.4, 0.5) is 5.69 Å². The molecule has 0 amide bonds. The van der Waals surface area contributed by atoms with Crippen LogP contribution >= 0.6 is 0 Å². The van der Waals surface area contributed by atoms with Crippen LogP contribution in [0.15, 0.2) is 24.5 Å². The Bertz CT molecular complexity index is 337. The van der Waals surface area contributed by atoms with Gasteiger partial charge >= 0.3 is 0 Å². The lowest BCUT2D eigenvalue weighted by Gasteiger charge is -2.49. The summed E-state index contributed by atoms with van der Waals surface area (Å²) in [7, 11) is 0. The first-order valence-corrected chi connectivity index (χ1v) is 6.28. The number of aromatic nitrogens is 1. The highest BCUT2D eigenvalue weighted by Crippen LogP contribution is 2.36. The Morgan fingerprint density at radius 3 is 2.62 bits per heavy atom. The Balaban J connectivity index is 1.89. The molecule has 0 aromatic carbocycles. The topological polar surface area (TPSA) is 42.1 Å². The van der Waals surface area contributed by atoms with E-state index in [1.54, 1.807) is 0 Å². The first-order valence-electron chi connectivity index (χ1n) is 6.28. The normalized spacial score (nSPS) is 33.8. The number of fused-ring (bicyclic) bond motifs is 2. The molecule has 2 aliphatic rings. The zero-order chi connectivity index (χ0) is 11.0. The number of anilines is 1. The number of piperidine rings is 2. The zero-order valence-corrected chi connectivity index (χ0v) is 9.55. The smallest absolute Gasteiger partial charge is 0.0557 e. The van der Waals surface area contributed by atoms with Crippen molar-refractivity contribution < 1.29 is 0 Å². The minimum atomic E-state index is 0.406. The van der Waals surface area contributed by atoms with Gasteiger partial charge in [-0.1, -0.05) is 0 Å². The standard InChI is InChI=1S/C13H19N3/c14-10-7-11-3-1-4-12(8-10)16(11)13-5-2-6-15-9-13/h2,5-6,9-12H,1,3-4,7-8,14H2. The second-order valence-corrected chi connectivity index (χ2v) is 5.09. The third-order valence-corrected chi connectivity index (χ3v) is 3.96. The molecule has 3 rings (SSSR count). The summed E-state index contributed by atoms with van der Waals surface area (Å²) in [5.41, 5.74) is 7.40. The average molecular weight is 217 g/mol. The van der Waals surface area contributed by atoms with Crippen molar-refractivity contribution in [3.8, 4) is 0 Å². The van der Waals surface area contributed by atoms with Crippen LogP contribution in [0.5, 0.6) is 0 Å². The Morgan fingerprint density at radius 1 is 1.25 bits per heavy atom. The van der Waals surface area contributed by atoms with Crippen molar-refractivity contribution in [2.24, 2.45) is 5.73 Å². The van der Waals surface area contributed by atoms with Crippen LogP contribution in [0.2, 0.25) is 0 Å². The second kappa shape index (κ2) is 4.06. The van der Waals surface area contributed by atoms with Gasteiger partial charge in [0, 0.05) is 24.3 Å². The minimum absolute atomic E-state index is 0.406. The average Bonchev–Trinajstić information content (AvgIpc) is 2.29. The van der Waals surface area contributed by atoms with Crippen molar-refractivity contribution in [3.05, 3.63) is 24.5 Å². The maximum atomic E-state index is 6.12. The molecular formula is C13H19N3. The van der Waals surface area contributed by atoms with Gasteiger partial charge in [-0.15, -0.1) is 0 Å². The van der Waals surface area contributed by atoms with E-state index in [4.69, 9.17) is 5.73 Å². The maximum absolute atomic E-state index is 6.12. The fourth-order valence-corrected chi connectivity index (χ4v) is 3.35.